The van der Waals surface area contributed by atoms with Gasteiger partial charge in [0.15, 0.2) is 11.6 Å². The highest BCUT2D eigenvalue weighted by Crippen LogP contribution is 2.31. The van der Waals surface area contributed by atoms with Crippen molar-refractivity contribution in [2.24, 2.45) is 0 Å². The minimum absolute atomic E-state index is 0.00310. The summed E-state index contributed by atoms with van der Waals surface area (Å²) in [5.74, 6) is -0.289. The molecule has 0 fully saturated rings. The standard InChI is InChI=1S/C19H19FN2O4/c1-21-17(23)10-22-9-14-13(19(22)24)6-4-7-15(14)26-11-12-5-3-8-16(25-2)18(12)20/h3-8H,9-11H2,1-2H3,(H,21,23). The summed E-state index contributed by atoms with van der Waals surface area (Å²) in [6.07, 6.45) is 0. The van der Waals surface area contributed by atoms with Gasteiger partial charge in [-0.3, -0.25) is 9.59 Å². The molecule has 0 bridgehead atoms. The fraction of sp³-hybridized carbons (Fsp3) is 0.263. The van der Waals surface area contributed by atoms with Gasteiger partial charge in [0, 0.05) is 23.7 Å². The van der Waals surface area contributed by atoms with E-state index >= 15 is 0 Å². The number of carbonyl (C=O) groups is 2. The van der Waals surface area contributed by atoms with Gasteiger partial charge in [-0.25, -0.2) is 4.39 Å². The molecule has 1 aliphatic rings. The van der Waals surface area contributed by atoms with Crippen molar-refractivity contribution in [3.05, 3.63) is 58.9 Å². The van der Waals surface area contributed by atoms with Gasteiger partial charge in [0.05, 0.1) is 13.7 Å². The average Bonchev–Trinajstić information content (AvgIpc) is 2.97. The number of methoxy groups -OCH3 is 1. The molecular weight excluding hydrogens is 339 g/mol. The predicted octanol–water partition coefficient (Wildman–Crippen LogP) is 2.12. The second-order valence-corrected chi connectivity index (χ2v) is 5.84. The third kappa shape index (κ3) is 3.33. The van der Waals surface area contributed by atoms with Gasteiger partial charge < -0.3 is 19.7 Å². The molecule has 1 N–H and O–H groups in total. The third-order valence-corrected chi connectivity index (χ3v) is 4.26. The van der Waals surface area contributed by atoms with Gasteiger partial charge in [-0.15, -0.1) is 0 Å². The van der Waals surface area contributed by atoms with E-state index in [1.54, 1.807) is 30.3 Å². The van der Waals surface area contributed by atoms with Crippen LogP contribution in [0.25, 0.3) is 0 Å². The molecule has 0 saturated carbocycles. The Morgan fingerprint density at radius 2 is 1.96 bits per heavy atom. The van der Waals surface area contributed by atoms with Crippen LogP contribution in [0.15, 0.2) is 36.4 Å². The van der Waals surface area contributed by atoms with Crippen LogP contribution in [0.1, 0.15) is 21.5 Å². The topological polar surface area (TPSA) is 67.9 Å². The van der Waals surface area contributed by atoms with E-state index in [-0.39, 0.29) is 37.3 Å². The van der Waals surface area contributed by atoms with E-state index < -0.39 is 5.82 Å². The molecule has 1 aliphatic heterocycles. The number of hydrogen-bond acceptors (Lipinski definition) is 4. The van der Waals surface area contributed by atoms with E-state index in [1.807, 2.05) is 0 Å². The number of rotatable bonds is 6. The fourth-order valence-corrected chi connectivity index (χ4v) is 2.86. The van der Waals surface area contributed by atoms with Crippen LogP contribution in [-0.4, -0.2) is 37.4 Å². The number of carbonyl (C=O) groups excluding carboxylic acids is 2. The van der Waals surface area contributed by atoms with Crippen LogP contribution < -0.4 is 14.8 Å². The zero-order valence-electron chi connectivity index (χ0n) is 14.5. The molecule has 2 aromatic carbocycles. The second-order valence-electron chi connectivity index (χ2n) is 5.84. The van der Waals surface area contributed by atoms with Crippen molar-refractivity contribution < 1.29 is 23.5 Å². The van der Waals surface area contributed by atoms with E-state index in [2.05, 4.69) is 5.32 Å². The number of hydrogen-bond donors (Lipinski definition) is 1. The van der Waals surface area contributed by atoms with Crippen LogP contribution in [0.5, 0.6) is 11.5 Å². The van der Waals surface area contributed by atoms with Gasteiger partial charge in [-0.2, -0.15) is 0 Å². The molecule has 3 rings (SSSR count). The Balaban J connectivity index is 1.78. The van der Waals surface area contributed by atoms with E-state index in [1.165, 1.54) is 25.1 Å². The lowest BCUT2D eigenvalue weighted by molar-refractivity contribution is -0.121. The van der Waals surface area contributed by atoms with Gasteiger partial charge in [0.2, 0.25) is 5.91 Å². The normalized spacial score (nSPS) is 12.7. The first-order valence-corrected chi connectivity index (χ1v) is 8.11. The summed E-state index contributed by atoms with van der Waals surface area (Å²) in [6.45, 7) is 0.259. The van der Waals surface area contributed by atoms with Crippen LogP contribution in [0.4, 0.5) is 4.39 Å². The summed E-state index contributed by atoms with van der Waals surface area (Å²) in [4.78, 5) is 25.4. The van der Waals surface area contributed by atoms with Crippen molar-refractivity contribution in [3.63, 3.8) is 0 Å². The van der Waals surface area contributed by atoms with Crippen molar-refractivity contribution in [1.29, 1.82) is 0 Å². The Kier molecular flexibility index (Phi) is 5.06. The average molecular weight is 358 g/mol. The maximum absolute atomic E-state index is 14.2. The molecule has 26 heavy (non-hydrogen) atoms. The van der Waals surface area contributed by atoms with E-state index in [9.17, 15) is 14.0 Å². The Hall–Kier alpha value is -3.09. The molecule has 0 aliphatic carbocycles. The van der Waals surface area contributed by atoms with E-state index in [0.29, 0.717) is 22.4 Å². The highest BCUT2D eigenvalue weighted by atomic mass is 19.1. The fourth-order valence-electron chi connectivity index (χ4n) is 2.86. The molecule has 0 saturated heterocycles. The largest absolute Gasteiger partial charge is 0.494 e. The molecule has 6 nitrogen and oxygen atoms in total. The van der Waals surface area contributed by atoms with Crippen molar-refractivity contribution >= 4 is 11.8 Å². The Labute approximate surface area is 150 Å². The number of likely N-dealkylation sites (N-methyl/N-ethyl adjacent to an activating group) is 1. The van der Waals surface area contributed by atoms with Crippen molar-refractivity contribution in [3.8, 4) is 11.5 Å². The maximum Gasteiger partial charge on any atom is 0.255 e. The summed E-state index contributed by atoms with van der Waals surface area (Å²) < 4.78 is 25.0. The molecule has 2 aromatic rings. The maximum atomic E-state index is 14.2. The molecule has 0 aromatic heterocycles. The van der Waals surface area contributed by atoms with Gasteiger partial charge in [-0.05, 0) is 18.2 Å². The van der Waals surface area contributed by atoms with Crippen LogP contribution in [-0.2, 0) is 17.9 Å². The molecule has 2 amide bonds. The summed E-state index contributed by atoms with van der Waals surface area (Å²) in [7, 11) is 2.92. The number of benzene rings is 2. The number of ether oxygens (including phenoxy) is 2. The van der Waals surface area contributed by atoms with Crippen LogP contribution >= 0.6 is 0 Å². The van der Waals surface area contributed by atoms with Gasteiger partial charge in [0.1, 0.15) is 18.9 Å². The minimum Gasteiger partial charge on any atom is -0.494 e. The highest BCUT2D eigenvalue weighted by molar-refractivity contribution is 6.00. The summed E-state index contributed by atoms with van der Waals surface area (Å²) in [6, 6.07) is 9.97. The molecule has 0 spiro atoms. The Morgan fingerprint density at radius 3 is 2.69 bits per heavy atom. The SMILES string of the molecule is CNC(=O)CN1Cc2c(OCc3cccc(OC)c3F)cccc2C1=O. The molecule has 0 atom stereocenters. The lowest BCUT2D eigenvalue weighted by Gasteiger charge is -2.14. The van der Waals surface area contributed by atoms with Gasteiger partial charge >= 0.3 is 0 Å². The zero-order chi connectivity index (χ0) is 18.7. The van der Waals surface area contributed by atoms with Crippen LogP contribution in [0.2, 0.25) is 0 Å². The molecule has 0 unspecified atom stereocenters. The molecule has 136 valence electrons. The lowest BCUT2D eigenvalue weighted by atomic mass is 10.1. The summed E-state index contributed by atoms with van der Waals surface area (Å²) >= 11 is 0. The van der Waals surface area contributed by atoms with E-state index in [4.69, 9.17) is 9.47 Å². The van der Waals surface area contributed by atoms with E-state index in [0.717, 1.165) is 0 Å². The smallest absolute Gasteiger partial charge is 0.255 e. The monoisotopic (exact) mass is 358 g/mol. The Bertz CT molecular complexity index is 853. The van der Waals surface area contributed by atoms with Crippen molar-refractivity contribution in [1.82, 2.24) is 10.2 Å². The first-order chi connectivity index (χ1) is 12.5. The quantitative estimate of drug-likeness (QED) is 0.859. The van der Waals surface area contributed by atoms with Crippen molar-refractivity contribution in [2.75, 3.05) is 20.7 Å². The summed E-state index contributed by atoms with van der Waals surface area (Å²) in [5, 5.41) is 2.50. The van der Waals surface area contributed by atoms with Gasteiger partial charge in [0.25, 0.3) is 5.91 Å². The minimum atomic E-state index is -0.472. The molecule has 7 heteroatoms. The number of halogens is 1. The lowest BCUT2D eigenvalue weighted by Crippen LogP contribution is -2.35. The van der Waals surface area contributed by atoms with Gasteiger partial charge in [-0.1, -0.05) is 18.2 Å². The number of nitrogens with one attached hydrogen (secondary N) is 1. The molecular formula is C19H19FN2O4. The Morgan fingerprint density at radius 1 is 1.23 bits per heavy atom. The number of amides is 2. The second kappa shape index (κ2) is 7.43. The van der Waals surface area contributed by atoms with Crippen molar-refractivity contribution in [2.45, 2.75) is 13.2 Å². The first-order valence-electron chi connectivity index (χ1n) is 8.11. The van der Waals surface area contributed by atoms with Crippen LogP contribution in [0, 0.1) is 5.82 Å². The molecule has 0 radical (unpaired) electrons. The summed E-state index contributed by atoms with van der Waals surface area (Å²) in [5.41, 5.74) is 1.55. The number of fused-ring (bicyclic) bond motifs is 1. The highest BCUT2D eigenvalue weighted by Gasteiger charge is 2.31. The zero-order valence-corrected chi connectivity index (χ0v) is 14.5. The predicted molar refractivity (Wildman–Crippen MR) is 92.5 cm³/mol. The molecule has 1 heterocycles. The third-order valence-electron chi connectivity index (χ3n) is 4.26. The van der Waals surface area contributed by atoms with Crippen LogP contribution in [0.3, 0.4) is 0 Å². The number of nitrogens with zero attached hydrogens (tertiary/aromatic N) is 1. The first kappa shape index (κ1) is 17.7.